The topological polar surface area (TPSA) is 63.9 Å². The average molecular weight is 599 g/mol. The number of morpholine rings is 1. The van der Waals surface area contributed by atoms with E-state index in [4.69, 9.17) is 14.0 Å². The molecule has 0 saturated carbocycles. The Hall–Kier alpha value is -3.00. The van der Waals surface area contributed by atoms with Crippen LogP contribution in [0.5, 0.6) is 0 Å². The van der Waals surface area contributed by atoms with Gasteiger partial charge in [0.1, 0.15) is 0 Å². The van der Waals surface area contributed by atoms with Gasteiger partial charge in [-0.2, -0.15) is 31.3 Å². The van der Waals surface area contributed by atoms with Crippen molar-refractivity contribution in [2.24, 2.45) is 0 Å². The van der Waals surface area contributed by atoms with Crippen molar-refractivity contribution in [2.45, 2.75) is 70.1 Å². The molecule has 0 N–H and O–H groups in total. The fraction of sp³-hybridized carbons (Fsp3) is 0.517. The number of rotatable bonds is 8. The van der Waals surface area contributed by atoms with Crippen molar-refractivity contribution >= 4 is 0 Å². The van der Waals surface area contributed by atoms with Crippen LogP contribution >= 0.6 is 0 Å². The quantitative estimate of drug-likeness (QED) is 0.265. The van der Waals surface area contributed by atoms with Crippen molar-refractivity contribution in [1.29, 1.82) is 0 Å². The molecule has 0 bridgehead atoms. The minimum absolute atomic E-state index is 0.103. The van der Waals surface area contributed by atoms with E-state index in [1.165, 1.54) is 13.3 Å². The van der Waals surface area contributed by atoms with E-state index in [1.807, 2.05) is 35.2 Å². The molecule has 7 nitrogen and oxygen atoms in total. The van der Waals surface area contributed by atoms with E-state index < -0.39 is 41.9 Å². The van der Waals surface area contributed by atoms with Gasteiger partial charge in [0, 0.05) is 6.54 Å². The van der Waals surface area contributed by atoms with Gasteiger partial charge < -0.3 is 14.0 Å². The Morgan fingerprint density at radius 1 is 0.905 bits per heavy atom. The highest BCUT2D eigenvalue weighted by Crippen LogP contribution is 2.39. The molecule has 0 spiro atoms. The van der Waals surface area contributed by atoms with Crippen molar-refractivity contribution in [1.82, 2.24) is 19.9 Å². The minimum Gasteiger partial charge on any atom is -0.349 e. The van der Waals surface area contributed by atoms with Gasteiger partial charge in [0.25, 0.3) is 0 Å². The second-order valence-corrected chi connectivity index (χ2v) is 10.6. The molecule has 2 fully saturated rings. The molecule has 2 saturated heterocycles. The third-order valence-electron chi connectivity index (χ3n) is 7.53. The molecule has 3 aromatic rings. The minimum atomic E-state index is -4.96. The van der Waals surface area contributed by atoms with Crippen LogP contribution in [0.3, 0.4) is 0 Å². The second kappa shape index (κ2) is 12.7. The zero-order chi connectivity index (χ0) is 29.9. The van der Waals surface area contributed by atoms with Crippen molar-refractivity contribution in [3.05, 3.63) is 82.5 Å². The van der Waals surface area contributed by atoms with Crippen LogP contribution in [-0.2, 0) is 34.9 Å². The standard InChI is InChI=1S/C29H32F6N4O3/c1-19(21-14-22(28(30,31)32)16-23(15-21)29(33,34)35)41-27-26(20-8-4-2-5-9-20)39(12-13-40-27)18-25-36-24(37-42-25)17-38-10-6-3-7-11-38/h2,4-5,8-9,14-16,19,26-27H,3,6-7,10-13,17-18H2,1H3/t19-,26+,27-/m1/s1. The zero-order valence-corrected chi connectivity index (χ0v) is 23.0. The summed E-state index contributed by atoms with van der Waals surface area (Å²) in [6.45, 7) is 4.89. The van der Waals surface area contributed by atoms with Gasteiger partial charge in [0.2, 0.25) is 5.89 Å². The monoisotopic (exact) mass is 598 g/mol. The Kier molecular flexibility index (Phi) is 9.21. The van der Waals surface area contributed by atoms with Crippen LogP contribution in [0.4, 0.5) is 26.3 Å². The van der Waals surface area contributed by atoms with Crippen molar-refractivity contribution < 1.29 is 40.3 Å². The third kappa shape index (κ3) is 7.49. The summed E-state index contributed by atoms with van der Waals surface area (Å²) >= 11 is 0. The normalized spacial score (nSPS) is 21.9. The molecule has 0 amide bonds. The van der Waals surface area contributed by atoms with E-state index in [9.17, 15) is 26.3 Å². The molecule has 228 valence electrons. The van der Waals surface area contributed by atoms with E-state index in [0.29, 0.717) is 36.9 Å². The number of hydrogen-bond acceptors (Lipinski definition) is 7. The van der Waals surface area contributed by atoms with Crippen LogP contribution in [0.15, 0.2) is 53.1 Å². The molecule has 2 aromatic carbocycles. The van der Waals surface area contributed by atoms with Crippen LogP contribution in [0.25, 0.3) is 0 Å². The van der Waals surface area contributed by atoms with Gasteiger partial charge in [-0.3, -0.25) is 9.80 Å². The van der Waals surface area contributed by atoms with Crippen molar-refractivity contribution in [3.63, 3.8) is 0 Å². The van der Waals surface area contributed by atoms with Crippen molar-refractivity contribution in [3.8, 4) is 0 Å². The molecule has 3 heterocycles. The predicted molar refractivity (Wildman–Crippen MR) is 139 cm³/mol. The van der Waals surface area contributed by atoms with Gasteiger partial charge >= 0.3 is 12.4 Å². The summed E-state index contributed by atoms with van der Waals surface area (Å²) in [7, 11) is 0. The maximum absolute atomic E-state index is 13.5. The van der Waals surface area contributed by atoms with Crippen LogP contribution in [0.2, 0.25) is 0 Å². The smallest absolute Gasteiger partial charge is 0.349 e. The highest BCUT2D eigenvalue weighted by molar-refractivity contribution is 5.34. The Morgan fingerprint density at radius 3 is 2.21 bits per heavy atom. The molecular weight excluding hydrogens is 566 g/mol. The first-order valence-corrected chi connectivity index (χ1v) is 13.9. The highest BCUT2D eigenvalue weighted by atomic mass is 19.4. The van der Waals surface area contributed by atoms with Gasteiger partial charge in [0.15, 0.2) is 12.1 Å². The lowest BCUT2D eigenvalue weighted by Gasteiger charge is -2.41. The molecule has 2 aliphatic heterocycles. The molecule has 3 atom stereocenters. The SMILES string of the molecule is C[C@@H](O[C@H]1OCCN(Cc2nc(CN3CCCCC3)no2)[C@H]1c1ccccc1)c1cc(C(F)(F)F)cc(C(F)(F)F)c1. The number of likely N-dealkylation sites (tertiary alicyclic amines) is 1. The summed E-state index contributed by atoms with van der Waals surface area (Å²) in [5, 5.41) is 4.14. The van der Waals surface area contributed by atoms with Crippen LogP contribution in [0.1, 0.15) is 72.3 Å². The number of alkyl halides is 6. The zero-order valence-electron chi connectivity index (χ0n) is 23.0. The summed E-state index contributed by atoms with van der Waals surface area (Å²) in [5.41, 5.74) is -2.26. The first-order chi connectivity index (χ1) is 20.0. The van der Waals surface area contributed by atoms with Crippen LogP contribution in [0, 0.1) is 0 Å². The Bertz CT molecular complexity index is 1280. The van der Waals surface area contributed by atoms with Gasteiger partial charge in [-0.05, 0) is 62.2 Å². The van der Waals surface area contributed by atoms with Gasteiger partial charge in [-0.1, -0.05) is 41.9 Å². The number of ether oxygens (including phenoxy) is 2. The van der Waals surface area contributed by atoms with Gasteiger partial charge in [0.05, 0.1) is 43.0 Å². The number of piperidine rings is 1. The van der Waals surface area contributed by atoms with Crippen molar-refractivity contribution in [2.75, 3.05) is 26.2 Å². The molecule has 0 radical (unpaired) electrons. The predicted octanol–water partition coefficient (Wildman–Crippen LogP) is 6.77. The third-order valence-corrected chi connectivity index (χ3v) is 7.53. The fourth-order valence-corrected chi connectivity index (χ4v) is 5.40. The summed E-state index contributed by atoms with van der Waals surface area (Å²) < 4.78 is 98.4. The Morgan fingerprint density at radius 2 is 1.57 bits per heavy atom. The Labute approximate surface area is 239 Å². The molecule has 42 heavy (non-hydrogen) atoms. The van der Waals surface area contributed by atoms with E-state index in [2.05, 4.69) is 15.0 Å². The average Bonchev–Trinajstić information content (AvgIpc) is 3.39. The second-order valence-electron chi connectivity index (χ2n) is 10.6. The number of aromatic nitrogens is 2. The number of benzene rings is 2. The number of nitrogens with zero attached hydrogens (tertiary/aromatic N) is 4. The van der Waals surface area contributed by atoms with Crippen LogP contribution < -0.4 is 0 Å². The molecule has 0 aliphatic carbocycles. The van der Waals surface area contributed by atoms with E-state index in [1.54, 1.807) is 0 Å². The molecule has 13 heteroatoms. The first-order valence-electron chi connectivity index (χ1n) is 13.9. The lowest BCUT2D eigenvalue weighted by Crippen LogP contribution is -2.46. The van der Waals surface area contributed by atoms with Crippen LogP contribution in [-0.4, -0.2) is 52.5 Å². The summed E-state index contributed by atoms with van der Waals surface area (Å²) in [4.78, 5) is 8.85. The van der Waals surface area contributed by atoms with E-state index in [-0.39, 0.29) is 24.8 Å². The maximum Gasteiger partial charge on any atom is 0.416 e. The van der Waals surface area contributed by atoms with Gasteiger partial charge in [-0.25, -0.2) is 0 Å². The Balaban J connectivity index is 1.37. The summed E-state index contributed by atoms with van der Waals surface area (Å²) in [6, 6.07) is 10.1. The summed E-state index contributed by atoms with van der Waals surface area (Å²) in [6.07, 6.45) is -8.59. The van der Waals surface area contributed by atoms with Gasteiger partial charge in [-0.15, -0.1) is 0 Å². The number of halogens is 6. The largest absolute Gasteiger partial charge is 0.416 e. The lowest BCUT2D eigenvalue weighted by atomic mass is 10.0. The fourth-order valence-electron chi connectivity index (χ4n) is 5.40. The first kappa shape index (κ1) is 30.5. The molecule has 2 aliphatic rings. The molecular formula is C29H32F6N4O3. The molecule has 0 unspecified atom stereocenters. The molecule has 5 rings (SSSR count). The highest BCUT2D eigenvalue weighted by Gasteiger charge is 2.39. The lowest BCUT2D eigenvalue weighted by molar-refractivity contribution is -0.231. The van der Waals surface area contributed by atoms with E-state index in [0.717, 1.165) is 31.5 Å². The number of hydrogen-bond donors (Lipinski definition) is 0. The maximum atomic E-state index is 13.5. The molecule has 1 aromatic heterocycles. The summed E-state index contributed by atoms with van der Waals surface area (Å²) in [5.74, 6) is 0.979. The van der Waals surface area contributed by atoms with E-state index >= 15 is 0 Å².